The molecule has 1 N–H and O–H groups in total. The average molecular weight is 285 g/mol. The highest BCUT2D eigenvalue weighted by molar-refractivity contribution is 5.80. The summed E-state index contributed by atoms with van der Waals surface area (Å²) in [6.45, 7) is 7.39. The fourth-order valence-electron chi connectivity index (χ4n) is 2.80. The zero-order valence-electron chi connectivity index (χ0n) is 13.7. The first-order valence-corrected chi connectivity index (χ1v) is 7.68. The van der Waals surface area contributed by atoms with Crippen LogP contribution in [0.25, 0.3) is 0 Å². The Morgan fingerprint density at radius 1 is 1.50 bits per heavy atom. The molecule has 0 aromatic heterocycles. The number of carbonyl (C=O) groups is 1. The molecular weight excluding hydrogens is 254 g/mol. The number of rotatable bonds is 8. The molecule has 2 atom stereocenters. The van der Waals surface area contributed by atoms with Crippen LogP contribution in [0.1, 0.15) is 33.1 Å². The zero-order valence-corrected chi connectivity index (χ0v) is 13.7. The molecule has 118 valence electrons. The highest BCUT2D eigenvalue weighted by Crippen LogP contribution is 2.21. The molecule has 5 heteroatoms. The normalized spacial score (nSPS) is 23.0. The summed E-state index contributed by atoms with van der Waals surface area (Å²) in [5.74, 6) is -0.147. The van der Waals surface area contributed by atoms with Gasteiger partial charge in [0, 0.05) is 19.1 Å². The largest absolute Gasteiger partial charge is 0.465 e. The second kappa shape index (κ2) is 7.96. The maximum atomic E-state index is 12.0. The van der Waals surface area contributed by atoms with E-state index in [1.54, 1.807) is 0 Å². The fraction of sp³-hybridized carbons (Fsp3) is 0.933. The van der Waals surface area contributed by atoms with E-state index >= 15 is 0 Å². The highest BCUT2D eigenvalue weighted by atomic mass is 16.5. The molecule has 20 heavy (non-hydrogen) atoms. The second-order valence-electron chi connectivity index (χ2n) is 6.15. The Bertz CT molecular complexity index is 309. The molecule has 0 aromatic carbocycles. The van der Waals surface area contributed by atoms with Crippen molar-refractivity contribution in [2.24, 2.45) is 0 Å². The van der Waals surface area contributed by atoms with Gasteiger partial charge in [0.1, 0.15) is 5.54 Å². The Morgan fingerprint density at radius 3 is 2.75 bits per heavy atom. The topological polar surface area (TPSA) is 44.8 Å². The minimum atomic E-state index is -0.582. The van der Waals surface area contributed by atoms with Gasteiger partial charge in [0.25, 0.3) is 0 Å². The van der Waals surface area contributed by atoms with Gasteiger partial charge >= 0.3 is 5.97 Å². The van der Waals surface area contributed by atoms with Crippen LogP contribution in [0.15, 0.2) is 0 Å². The van der Waals surface area contributed by atoms with E-state index < -0.39 is 5.54 Å². The standard InChI is InChI=1S/C15H31N3O2/c1-6-20-14(19)15(2,16-3)9-11-18-10-7-8-13(18)12-17(4)5/h13,16H,6-12H2,1-5H3. The van der Waals surface area contributed by atoms with Crippen LogP contribution in [0, 0.1) is 0 Å². The van der Waals surface area contributed by atoms with Gasteiger partial charge < -0.3 is 15.0 Å². The number of nitrogens with one attached hydrogen (secondary N) is 1. The number of ether oxygens (including phenoxy) is 1. The maximum Gasteiger partial charge on any atom is 0.326 e. The minimum Gasteiger partial charge on any atom is -0.465 e. The van der Waals surface area contributed by atoms with Crippen LogP contribution < -0.4 is 5.32 Å². The van der Waals surface area contributed by atoms with Gasteiger partial charge in [-0.05, 0) is 60.8 Å². The van der Waals surface area contributed by atoms with E-state index in [1.807, 2.05) is 20.9 Å². The van der Waals surface area contributed by atoms with Crippen LogP contribution in [-0.2, 0) is 9.53 Å². The van der Waals surface area contributed by atoms with Crippen LogP contribution >= 0.6 is 0 Å². The molecule has 1 heterocycles. The first kappa shape index (κ1) is 17.4. The van der Waals surface area contributed by atoms with Crippen molar-refractivity contribution in [3.63, 3.8) is 0 Å². The molecule has 2 unspecified atom stereocenters. The molecule has 1 saturated heterocycles. The summed E-state index contributed by atoms with van der Waals surface area (Å²) in [6, 6.07) is 0.619. The van der Waals surface area contributed by atoms with E-state index in [1.165, 1.54) is 12.8 Å². The van der Waals surface area contributed by atoms with Crippen molar-refractivity contribution in [3.8, 4) is 0 Å². The number of likely N-dealkylation sites (tertiary alicyclic amines) is 1. The predicted octanol–water partition coefficient (Wildman–Crippen LogP) is 0.944. The van der Waals surface area contributed by atoms with Crippen LogP contribution in [0.3, 0.4) is 0 Å². The first-order valence-electron chi connectivity index (χ1n) is 7.68. The molecule has 1 aliphatic rings. The molecule has 1 rings (SSSR count). The van der Waals surface area contributed by atoms with Gasteiger partial charge in [-0.25, -0.2) is 0 Å². The second-order valence-corrected chi connectivity index (χ2v) is 6.15. The van der Waals surface area contributed by atoms with Gasteiger partial charge in [-0.15, -0.1) is 0 Å². The van der Waals surface area contributed by atoms with Crippen LogP contribution in [0.2, 0.25) is 0 Å². The summed E-state index contributed by atoms with van der Waals surface area (Å²) >= 11 is 0. The van der Waals surface area contributed by atoms with Gasteiger partial charge in [-0.3, -0.25) is 9.69 Å². The molecule has 0 spiro atoms. The van der Waals surface area contributed by atoms with E-state index in [0.717, 1.165) is 26.1 Å². The smallest absolute Gasteiger partial charge is 0.326 e. The molecule has 0 aliphatic carbocycles. The fourth-order valence-corrected chi connectivity index (χ4v) is 2.80. The molecule has 0 radical (unpaired) electrons. The summed E-state index contributed by atoms with van der Waals surface area (Å²) < 4.78 is 5.18. The van der Waals surface area contributed by atoms with Gasteiger partial charge in [-0.2, -0.15) is 0 Å². The molecule has 5 nitrogen and oxygen atoms in total. The summed E-state index contributed by atoms with van der Waals surface area (Å²) in [7, 11) is 6.07. The van der Waals surface area contributed by atoms with Crippen molar-refractivity contribution >= 4 is 5.97 Å². The maximum absolute atomic E-state index is 12.0. The van der Waals surface area contributed by atoms with E-state index in [9.17, 15) is 4.79 Å². The lowest BCUT2D eigenvalue weighted by Crippen LogP contribution is -2.51. The van der Waals surface area contributed by atoms with Crippen molar-refractivity contribution < 1.29 is 9.53 Å². The first-order chi connectivity index (χ1) is 9.42. The van der Waals surface area contributed by atoms with Crippen molar-refractivity contribution in [3.05, 3.63) is 0 Å². The average Bonchev–Trinajstić information content (AvgIpc) is 2.82. The third-order valence-corrected chi connectivity index (χ3v) is 4.25. The molecule has 0 amide bonds. The van der Waals surface area contributed by atoms with E-state index in [-0.39, 0.29) is 5.97 Å². The Kier molecular flexibility index (Phi) is 6.92. The minimum absolute atomic E-state index is 0.147. The molecule has 1 fully saturated rings. The summed E-state index contributed by atoms with van der Waals surface area (Å²) in [5, 5.41) is 3.13. The lowest BCUT2D eigenvalue weighted by molar-refractivity contribution is -0.150. The Balaban J connectivity index is 2.52. The number of esters is 1. The monoisotopic (exact) mass is 285 g/mol. The summed E-state index contributed by atoms with van der Waals surface area (Å²) in [4.78, 5) is 16.8. The van der Waals surface area contributed by atoms with Crippen LogP contribution in [0.5, 0.6) is 0 Å². The summed E-state index contributed by atoms with van der Waals surface area (Å²) in [5.41, 5.74) is -0.582. The number of hydrogen-bond donors (Lipinski definition) is 1. The van der Waals surface area contributed by atoms with E-state index in [4.69, 9.17) is 4.74 Å². The van der Waals surface area contributed by atoms with Gasteiger partial charge in [0.05, 0.1) is 6.61 Å². The van der Waals surface area contributed by atoms with Crippen LogP contribution in [-0.4, -0.2) is 74.7 Å². The predicted molar refractivity (Wildman–Crippen MR) is 81.9 cm³/mol. The van der Waals surface area contributed by atoms with E-state index in [2.05, 4.69) is 29.2 Å². The number of likely N-dealkylation sites (N-methyl/N-ethyl adjacent to an activating group) is 2. The Hall–Kier alpha value is -0.650. The van der Waals surface area contributed by atoms with Gasteiger partial charge in [-0.1, -0.05) is 0 Å². The number of nitrogens with zero attached hydrogens (tertiary/aromatic N) is 2. The van der Waals surface area contributed by atoms with E-state index in [0.29, 0.717) is 12.6 Å². The van der Waals surface area contributed by atoms with Crippen molar-refractivity contribution in [1.82, 2.24) is 15.1 Å². The molecule has 0 bridgehead atoms. The molecular formula is C15H31N3O2. The number of carbonyl (C=O) groups excluding carboxylic acids is 1. The number of hydrogen-bond acceptors (Lipinski definition) is 5. The highest BCUT2D eigenvalue weighted by Gasteiger charge is 2.34. The van der Waals surface area contributed by atoms with Gasteiger partial charge in [0.15, 0.2) is 0 Å². The third-order valence-electron chi connectivity index (χ3n) is 4.25. The van der Waals surface area contributed by atoms with Crippen molar-refractivity contribution in [1.29, 1.82) is 0 Å². The molecule has 0 aromatic rings. The summed E-state index contributed by atoms with van der Waals surface area (Å²) in [6.07, 6.45) is 3.30. The SMILES string of the molecule is CCOC(=O)C(C)(CCN1CCCC1CN(C)C)NC. The van der Waals surface area contributed by atoms with Crippen molar-refractivity contribution in [2.45, 2.75) is 44.7 Å². The van der Waals surface area contributed by atoms with Crippen molar-refractivity contribution in [2.75, 3.05) is 47.4 Å². The lowest BCUT2D eigenvalue weighted by Gasteiger charge is -2.32. The zero-order chi connectivity index (χ0) is 15.2. The lowest BCUT2D eigenvalue weighted by atomic mass is 9.97. The Labute approximate surface area is 123 Å². The van der Waals surface area contributed by atoms with Crippen LogP contribution in [0.4, 0.5) is 0 Å². The quantitative estimate of drug-likeness (QED) is 0.673. The Morgan fingerprint density at radius 2 is 2.20 bits per heavy atom. The molecule has 0 saturated carbocycles. The third kappa shape index (κ3) is 4.72. The molecule has 1 aliphatic heterocycles. The van der Waals surface area contributed by atoms with Gasteiger partial charge in [0.2, 0.25) is 0 Å².